The summed E-state index contributed by atoms with van der Waals surface area (Å²) >= 11 is 1.34. The van der Waals surface area contributed by atoms with E-state index in [1.165, 1.54) is 11.3 Å². The smallest absolute Gasteiger partial charge is 0.266 e. The van der Waals surface area contributed by atoms with Gasteiger partial charge in [0.25, 0.3) is 5.91 Å². The number of thiophene rings is 1. The zero-order chi connectivity index (χ0) is 13.0. The predicted molar refractivity (Wildman–Crippen MR) is 71.4 cm³/mol. The molecule has 2 heterocycles. The van der Waals surface area contributed by atoms with E-state index in [0.717, 1.165) is 4.88 Å². The summed E-state index contributed by atoms with van der Waals surface area (Å²) in [7, 11) is 1.77. The third-order valence-electron chi connectivity index (χ3n) is 2.21. The van der Waals surface area contributed by atoms with Crippen LogP contribution in [0.2, 0.25) is 0 Å². The van der Waals surface area contributed by atoms with Gasteiger partial charge in [-0.2, -0.15) is 5.10 Å². The third kappa shape index (κ3) is 2.77. The molecule has 0 aliphatic heterocycles. The first-order chi connectivity index (χ1) is 8.70. The molecule has 0 radical (unpaired) electrons. The molecule has 2 aromatic heterocycles. The number of rotatable bonds is 2. The van der Waals surface area contributed by atoms with Gasteiger partial charge in [0.2, 0.25) is 0 Å². The topological polar surface area (TPSA) is 72.9 Å². The van der Waals surface area contributed by atoms with Crippen LogP contribution in [-0.4, -0.2) is 22.2 Å². The lowest BCUT2D eigenvalue weighted by atomic mass is 10.4. The molecule has 0 bridgehead atoms. The highest BCUT2D eigenvalue weighted by atomic mass is 32.1. The van der Waals surface area contributed by atoms with Crippen LogP contribution in [0.25, 0.3) is 0 Å². The van der Waals surface area contributed by atoms with Crippen molar-refractivity contribution in [1.29, 1.82) is 0 Å². The number of aromatic nitrogens is 2. The molecule has 0 atom stereocenters. The zero-order valence-electron chi connectivity index (χ0n) is 9.80. The maximum atomic E-state index is 11.9. The molecule has 0 fully saturated rings. The van der Waals surface area contributed by atoms with E-state index in [9.17, 15) is 4.79 Å². The van der Waals surface area contributed by atoms with Gasteiger partial charge >= 0.3 is 0 Å². The largest absolute Gasteiger partial charge is 0.320 e. The molecule has 18 heavy (non-hydrogen) atoms. The first-order valence-corrected chi connectivity index (χ1v) is 6.10. The van der Waals surface area contributed by atoms with E-state index < -0.39 is 0 Å². The second kappa shape index (κ2) is 5.49. The number of aryl methyl sites for hydroxylation is 1. The van der Waals surface area contributed by atoms with E-state index in [2.05, 4.69) is 22.3 Å². The molecule has 0 saturated heterocycles. The van der Waals surface area contributed by atoms with Gasteiger partial charge in [-0.3, -0.25) is 9.48 Å². The second-order valence-electron chi connectivity index (χ2n) is 3.46. The SMILES string of the molecule is Cn1nccc1NC(=O)c1ccc(C#CCN)s1. The summed E-state index contributed by atoms with van der Waals surface area (Å²) in [5, 5.41) is 6.75. The minimum atomic E-state index is -0.163. The molecule has 6 heteroatoms. The monoisotopic (exact) mass is 260 g/mol. The summed E-state index contributed by atoms with van der Waals surface area (Å²) < 4.78 is 1.60. The molecule has 92 valence electrons. The van der Waals surface area contributed by atoms with E-state index in [4.69, 9.17) is 5.73 Å². The molecule has 1 amide bonds. The van der Waals surface area contributed by atoms with Crippen molar-refractivity contribution in [3.8, 4) is 11.8 Å². The number of hydrogen-bond donors (Lipinski definition) is 2. The molecule has 0 spiro atoms. The Morgan fingerprint density at radius 1 is 1.56 bits per heavy atom. The number of nitrogens with zero attached hydrogens (tertiary/aromatic N) is 2. The molecule has 0 aromatic carbocycles. The fourth-order valence-corrected chi connectivity index (χ4v) is 2.12. The van der Waals surface area contributed by atoms with Gasteiger partial charge in [0.15, 0.2) is 0 Å². The molecule has 0 saturated carbocycles. The average molecular weight is 260 g/mol. The molecule has 3 N–H and O–H groups in total. The first-order valence-electron chi connectivity index (χ1n) is 5.29. The standard InChI is InChI=1S/C12H12N4OS/c1-16-11(6-8-14-16)15-12(17)10-5-4-9(18-10)3-2-7-13/h4-6,8H,7,13H2,1H3,(H,15,17). The summed E-state index contributed by atoms with van der Waals surface area (Å²) in [4.78, 5) is 13.4. The summed E-state index contributed by atoms with van der Waals surface area (Å²) in [5.74, 6) is 6.14. The maximum Gasteiger partial charge on any atom is 0.266 e. The average Bonchev–Trinajstić information content (AvgIpc) is 2.97. The van der Waals surface area contributed by atoms with Crippen molar-refractivity contribution in [3.05, 3.63) is 34.2 Å². The Labute approximate surface area is 109 Å². The Morgan fingerprint density at radius 3 is 3.06 bits per heavy atom. The molecular weight excluding hydrogens is 248 g/mol. The predicted octanol–water partition coefficient (Wildman–Crippen LogP) is 1.04. The number of carbonyl (C=O) groups is 1. The van der Waals surface area contributed by atoms with Crippen LogP contribution in [0.3, 0.4) is 0 Å². The Morgan fingerprint density at radius 2 is 2.39 bits per heavy atom. The van der Waals surface area contributed by atoms with Crippen molar-refractivity contribution < 1.29 is 4.79 Å². The number of amides is 1. The van der Waals surface area contributed by atoms with Crippen LogP contribution < -0.4 is 11.1 Å². The molecule has 5 nitrogen and oxygen atoms in total. The van der Waals surface area contributed by atoms with Crippen LogP contribution in [0.15, 0.2) is 24.4 Å². The van der Waals surface area contributed by atoms with Gasteiger partial charge in [0, 0.05) is 13.1 Å². The van der Waals surface area contributed by atoms with Gasteiger partial charge in [-0.15, -0.1) is 11.3 Å². The molecule has 2 aromatic rings. The number of nitrogens with two attached hydrogens (primary N) is 1. The van der Waals surface area contributed by atoms with E-state index in [1.807, 2.05) is 6.07 Å². The van der Waals surface area contributed by atoms with Crippen molar-refractivity contribution >= 4 is 23.1 Å². The van der Waals surface area contributed by atoms with E-state index in [1.54, 1.807) is 30.1 Å². The van der Waals surface area contributed by atoms with Gasteiger partial charge in [0.05, 0.1) is 22.5 Å². The van der Waals surface area contributed by atoms with Crippen LogP contribution in [0.4, 0.5) is 5.82 Å². The summed E-state index contributed by atoms with van der Waals surface area (Å²) in [6, 6.07) is 5.29. The van der Waals surface area contributed by atoms with Crippen molar-refractivity contribution in [2.45, 2.75) is 0 Å². The van der Waals surface area contributed by atoms with Crippen LogP contribution in [0, 0.1) is 11.8 Å². The van der Waals surface area contributed by atoms with Gasteiger partial charge in [-0.1, -0.05) is 11.8 Å². The van der Waals surface area contributed by atoms with Crippen molar-refractivity contribution in [1.82, 2.24) is 9.78 Å². The fraction of sp³-hybridized carbons (Fsp3) is 0.167. The molecular formula is C12H12N4OS. The van der Waals surface area contributed by atoms with Gasteiger partial charge in [-0.05, 0) is 12.1 Å². The molecule has 0 aliphatic rings. The quantitative estimate of drug-likeness (QED) is 0.793. The Bertz CT molecular complexity index is 617. The highest BCUT2D eigenvalue weighted by Crippen LogP contribution is 2.17. The fourth-order valence-electron chi connectivity index (χ4n) is 1.34. The van der Waals surface area contributed by atoms with Crippen LogP contribution in [0.5, 0.6) is 0 Å². The number of hydrogen-bond acceptors (Lipinski definition) is 4. The third-order valence-corrected chi connectivity index (χ3v) is 3.21. The lowest BCUT2D eigenvalue weighted by Crippen LogP contribution is -2.13. The number of anilines is 1. The Balaban J connectivity index is 2.10. The minimum Gasteiger partial charge on any atom is -0.320 e. The zero-order valence-corrected chi connectivity index (χ0v) is 10.6. The first kappa shape index (κ1) is 12.4. The number of nitrogens with one attached hydrogen (secondary N) is 1. The Hall–Kier alpha value is -2.10. The molecule has 2 rings (SSSR count). The van der Waals surface area contributed by atoms with Crippen molar-refractivity contribution in [2.24, 2.45) is 12.8 Å². The normalized spacial score (nSPS) is 9.67. The maximum absolute atomic E-state index is 11.9. The van der Waals surface area contributed by atoms with Gasteiger partial charge < -0.3 is 11.1 Å². The second-order valence-corrected chi connectivity index (χ2v) is 4.55. The summed E-state index contributed by atoms with van der Waals surface area (Å²) in [6.07, 6.45) is 1.63. The van der Waals surface area contributed by atoms with E-state index >= 15 is 0 Å². The molecule has 0 aliphatic carbocycles. The summed E-state index contributed by atoms with van der Waals surface area (Å²) in [6.45, 7) is 0.314. The summed E-state index contributed by atoms with van der Waals surface area (Å²) in [5.41, 5.74) is 5.29. The number of carbonyl (C=O) groups excluding carboxylic acids is 1. The van der Waals surface area contributed by atoms with E-state index in [-0.39, 0.29) is 5.91 Å². The highest BCUT2D eigenvalue weighted by molar-refractivity contribution is 7.14. The van der Waals surface area contributed by atoms with Crippen molar-refractivity contribution in [3.63, 3.8) is 0 Å². The molecule has 0 unspecified atom stereocenters. The highest BCUT2D eigenvalue weighted by Gasteiger charge is 2.10. The lowest BCUT2D eigenvalue weighted by molar-refractivity contribution is 0.102. The van der Waals surface area contributed by atoms with Crippen LogP contribution in [-0.2, 0) is 7.05 Å². The lowest BCUT2D eigenvalue weighted by Gasteiger charge is -2.02. The van der Waals surface area contributed by atoms with Gasteiger partial charge in [-0.25, -0.2) is 0 Å². The van der Waals surface area contributed by atoms with Gasteiger partial charge in [0.1, 0.15) is 5.82 Å². The van der Waals surface area contributed by atoms with Crippen LogP contribution in [0.1, 0.15) is 14.5 Å². The Kier molecular flexibility index (Phi) is 3.77. The van der Waals surface area contributed by atoms with Crippen molar-refractivity contribution in [2.75, 3.05) is 11.9 Å². The minimum absolute atomic E-state index is 0.163. The van der Waals surface area contributed by atoms with E-state index in [0.29, 0.717) is 17.2 Å². The van der Waals surface area contributed by atoms with Crippen LogP contribution >= 0.6 is 11.3 Å².